The maximum Gasteiger partial charge on any atom is 0.113 e. The minimum Gasteiger partial charge on any atom is -0.388 e. The van der Waals surface area contributed by atoms with Crippen molar-refractivity contribution in [1.82, 2.24) is 9.55 Å². The first kappa shape index (κ1) is 14.8. The van der Waals surface area contributed by atoms with Crippen LogP contribution in [0, 0.1) is 12.3 Å². The lowest BCUT2D eigenvalue weighted by Crippen LogP contribution is -2.27. The number of hydrogen-bond donors (Lipinski definition) is 1. The highest BCUT2D eigenvalue weighted by Gasteiger charge is 2.34. The number of nitrogens with zero attached hydrogens (tertiary/aromatic N) is 2. The molecule has 3 rings (SSSR count). The minimum absolute atomic E-state index is 0.159. The SMILES string of the molecule is CCc1cnc(Cn2c(C)cc3c2CC(C)(C)CC3O)s1. The molecular formula is C17H24N2OS. The van der Waals surface area contributed by atoms with Crippen LogP contribution in [-0.2, 0) is 19.4 Å². The maximum absolute atomic E-state index is 10.4. The van der Waals surface area contributed by atoms with E-state index in [-0.39, 0.29) is 11.5 Å². The predicted octanol–water partition coefficient (Wildman–Crippen LogP) is 3.87. The smallest absolute Gasteiger partial charge is 0.113 e. The van der Waals surface area contributed by atoms with Crippen LogP contribution in [0.15, 0.2) is 12.3 Å². The van der Waals surface area contributed by atoms with Crippen LogP contribution in [0.25, 0.3) is 0 Å². The first-order valence-corrected chi connectivity index (χ1v) is 8.52. The molecular weight excluding hydrogens is 280 g/mol. The lowest BCUT2D eigenvalue weighted by atomic mass is 9.75. The molecule has 0 aliphatic heterocycles. The molecule has 0 radical (unpaired) electrons. The number of aliphatic hydroxyl groups is 1. The van der Waals surface area contributed by atoms with E-state index in [1.54, 1.807) is 11.3 Å². The molecule has 1 aliphatic carbocycles. The number of thiazole rings is 1. The summed E-state index contributed by atoms with van der Waals surface area (Å²) in [6.07, 6.45) is 4.59. The van der Waals surface area contributed by atoms with Crippen LogP contribution < -0.4 is 0 Å². The molecule has 21 heavy (non-hydrogen) atoms. The van der Waals surface area contributed by atoms with E-state index in [9.17, 15) is 5.11 Å². The molecule has 0 spiro atoms. The number of aromatic nitrogens is 2. The number of rotatable bonds is 3. The zero-order valence-corrected chi connectivity index (χ0v) is 14.1. The van der Waals surface area contributed by atoms with Crippen molar-refractivity contribution in [2.24, 2.45) is 5.41 Å². The predicted molar refractivity (Wildman–Crippen MR) is 86.8 cm³/mol. The lowest BCUT2D eigenvalue weighted by Gasteiger charge is -2.33. The third-order valence-electron chi connectivity index (χ3n) is 4.44. The summed E-state index contributed by atoms with van der Waals surface area (Å²) in [5.41, 5.74) is 3.81. The van der Waals surface area contributed by atoms with Crippen LogP contribution in [-0.4, -0.2) is 14.7 Å². The van der Waals surface area contributed by atoms with Gasteiger partial charge in [0.2, 0.25) is 0 Å². The molecule has 0 aromatic carbocycles. The summed E-state index contributed by atoms with van der Waals surface area (Å²) in [5, 5.41) is 11.6. The third-order valence-corrected chi connectivity index (χ3v) is 5.57. The van der Waals surface area contributed by atoms with Gasteiger partial charge in [0, 0.05) is 28.0 Å². The Hall–Kier alpha value is -1.13. The Kier molecular flexibility index (Phi) is 3.70. The Labute approximate surface area is 130 Å². The summed E-state index contributed by atoms with van der Waals surface area (Å²) in [4.78, 5) is 5.88. The number of fused-ring (bicyclic) bond motifs is 1. The molecule has 1 N–H and O–H groups in total. The van der Waals surface area contributed by atoms with Gasteiger partial charge in [-0.3, -0.25) is 0 Å². The lowest BCUT2D eigenvalue weighted by molar-refractivity contribution is 0.0981. The average molecular weight is 304 g/mol. The molecule has 1 aliphatic rings. The van der Waals surface area contributed by atoms with E-state index in [0.29, 0.717) is 0 Å². The number of hydrogen-bond acceptors (Lipinski definition) is 3. The van der Waals surface area contributed by atoms with E-state index in [1.165, 1.54) is 16.3 Å². The van der Waals surface area contributed by atoms with Crippen molar-refractivity contribution >= 4 is 11.3 Å². The van der Waals surface area contributed by atoms with Crippen LogP contribution in [0.1, 0.15) is 60.1 Å². The molecule has 0 saturated carbocycles. The molecule has 1 atom stereocenters. The summed E-state index contributed by atoms with van der Waals surface area (Å²) in [6, 6.07) is 2.16. The molecule has 114 valence electrons. The van der Waals surface area contributed by atoms with Gasteiger partial charge in [-0.2, -0.15) is 0 Å². The Bertz CT molecular complexity index is 654. The Morgan fingerprint density at radius 2 is 2.24 bits per heavy atom. The normalized spacial score (nSPS) is 20.5. The highest BCUT2D eigenvalue weighted by atomic mass is 32.1. The van der Waals surface area contributed by atoms with Crippen molar-refractivity contribution in [2.75, 3.05) is 0 Å². The fourth-order valence-corrected chi connectivity index (χ4v) is 4.19. The average Bonchev–Trinajstić information content (AvgIpc) is 2.96. The quantitative estimate of drug-likeness (QED) is 0.935. The molecule has 0 fully saturated rings. The highest BCUT2D eigenvalue weighted by molar-refractivity contribution is 7.11. The van der Waals surface area contributed by atoms with Gasteiger partial charge in [0.15, 0.2) is 0 Å². The second-order valence-electron chi connectivity index (χ2n) is 6.91. The van der Waals surface area contributed by atoms with Gasteiger partial charge in [0.25, 0.3) is 0 Å². The van der Waals surface area contributed by atoms with Gasteiger partial charge in [-0.15, -0.1) is 11.3 Å². The van der Waals surface area contributed by atoms with Gasteiger partial charge in [-0.1, -0.05) is 20.8 Å². The van der Waals surface area contributed by atoms with E-state index in [2.05, 4.69) is 43.3 Å². The van der Waals surface area contributed by atoms with Gasteiger partial charge in [0.1, 0.15) is 5.01 Å². The van der Waals surface area contributed by atoms with E-state index >= 15 is 0 Å². The number of aliphatic hydroxyl groups excluding tert-OH is 1. The van der Waals surface area contributed by atoms with Crippen molar-refractivity contribution in [1.29, 1.82) is 0 Å². The molecule has 4 heteroatoms. The molecule has 0 amide bonds. The van der Waals surface area contributed by atoms with Crippen LogP contribution in [0.4, 0.5) is 0 Å². The summed E-state index contributed by atoms with van der Waals surface area (Å²) >= 11 is 1.80. The fraction of sp³-hybridized carbons (Fsp3) is 0.588. The minimum atomic E-state index is -0.328. The summed E-state index contributed by atoms with van der Waals surface area (Å²) < 4.78 is 2.34. The first-order chi connectivity index (χ1) is 9.89. The maximum atomic E-state index is 10.4. The molecule has 1 unspecified atom stereocenters. The largest absolute Gasteiger partial charge is 0.388 e. The zero-order chi connectivity index (χ0) is 15.2. The number of aryl methyl sites for hydroxylation is 2. The van der Waals surface area contributed by atoms with Crippen LogP contribution in [0.3, 0.4) is 0 Å². The van der Waals surface area contributed by atoms with Gasteiger partial charge < -0.3 is 9.67 Å². The second kappa shape index (κ2) is 5.25. The van der Waals surface area contributed by atoms with Crippen molar-refractivity contribution in [3.63, 3.8) is 0 Å². The first-order valence-electron chi connectivity index (χ1n) is 7.70. The van der Waals surface area contributed by atoms with E-state index < -0.39 is 0 Å². The summed E-state index contributed by atoms with van der Waals surface area (Å²) in [6.45, 7) is 9.61. The molecule has 2 aromatic heterocycles. The van der Waals surface area contributed by atoms with Gasteiger partial charge >= 0.3 is 0 Å². The third kappa shape index (κ3) is 2.79. The van der Waals surface area contributed by atoms with Crippen LogP contribution >= 0.6 is 11.3 Å². The monoisotopic (exact) mass is 304 g/mol. The standard InChI is InChI=1S/C17H24N2OS/c1-5-12-9-18-16(21-12)10-19-11(2)6-13-14(19)7-17(3,4)8-15(13)20/h6,9,15,20H,5,7-8,10H2,1-4H3. The van der Waals surface area contributed by atoms with E-state index in [0.717, 1.165) is 36.4 Å². The van der Waals surface area contributed by atoms with Crippen molar-refractivity contribution < 1.29 is 5.11 Å². The molecule has 2 heterocycles. The highest BCUT2D eigenvalue weighted by Crippen LogP contribution is 2.42. The van der Waals surface area contributed by atoms with Crippen molar-refractivity contribution in [3.8, 4) is 0 Å². The van der Waals surface area contributed by atoms with Gasteiger partial charge in [-0.05, 0) is 37.7 Å². The zero-order valence-electron chi connectivity index (χ0n) is 13.3. The van der Waals surface area contributed by atoms with E-state index in [1.807, 2.05) is 6.20 Å². The van der Waals surface area contributed by atoms with Crippen molar-refractivity contribution in [3.05, 3.63) is 39.1 Å². The Balaban J connectivity index is 1.96. The van der Waals surface area contributed by atoms with Crippen molar-refractivity contribution in [2.45, 2.75) is 59.6 Å². The second-order valence-corrected chi connectivity index (χ2v) is 8.11. The van der Waals surface area contributed by atoms with Crippen LogP contribution in [0.5, 0.6) is 0 Å². The summed E-state index contributed by atoms with van der Waals surface area (Å²) in [7, 11) is 0. The van der Waals surface area contributed by atoms with Gasteiger partial charge in [0.05, 0.1) is 12.6 Å². The molecule has 3 nitrogen and oxygen atoms in total. The molecule has 2 aromatic rings. The molecule has 0 saturated heterocycles. The fourth-order valence-electron chi connectivity index (χ4n) is 3.34. The Morgan fingerprint density at radius 1 is 1.48 bits per heavy atom. The van der Waals surface area contributed by atoms with Gasteiger partial charge in [-0.25, -0.2) is 4.98 Å². The summed E-state index contributed by atoms with van der Waals surface area (Å²) in [5.74, 6) is 0. The Morgan fingerprint density at radius 3 is 2.90 bits per heavy atom. The van der Waals surface area contributed by atoms with E-state index in [4.69, 9.17) is 0 Å². The van der Waals surface area contributed by atoms with Crippen LogP contribution in [0.2, 0.25) is 0 Å². The molecule has 0 bridgehead atoms. The topological polar surface area (TPSA) is 38.0 Å².